The molecule has 0 aliphatic carbocycles. The van der Waals surface area contributed by atoms with Crippen LogP contribution in [-0.2, 0) is 29.5 Å². The van der Waals surface area contributed by atoms with Crippen LogP contribution in [0.4, 0.5) is 0 Å². The van der Waals surface area contributed by atoms with Gasteiger partial charge >= 0.3 is 0 Å². The van der Waals surface area contributed by atoms with Gasteiger partial charge in [-0.15, -0.1) is 0 Å². The largest absolute Gasteiger partial charge is 0.497 e. The smallest absolute Gasteiger partial charge is 0.286 e. The van der Waals surface area contributed by atoms with E-state index in [9.17, 15) is 9.00 Å². The Morgan fingerprint density at radius 2 is 1.88 bits per heavy atom. The Labute approximate surface area is 191 Å². The van der Waals surface area contributed by atoms with Gasteiger partial charge in [0, 0.05) is 31.1 Å². The topological polar surface area (TPSA) is 71.8 Å². The van der Waals surface area contributed by atoms with Crippen molar-refractivity contribution in [1.29, 1.82) is 0 Å². The van der Waals surface area contributed by atoms with E-state index in [-0.39, 0.29) is 17.4 Å². The van der Waals surface area contributed by atoms with Crippen LogP contribution in [0.2, 0.25) is 0 Å². The summed E-state index contributed by atoms with van der Waals surface area (Å²) in [6.45, 7) is 3.55. The highest BCUT2D eigenvalue weighted by molar-refractivity contribution is 7.84. The van der Waals surface area contributed by atoms with Gasteiger partial charge in [0.15, 0.2) is 5.76 Å². The normalized spacial score (nSPS) is 14.5. The van der Waals surface area contributed by atoms with E-state index in [0.717, 1.165) is 32.5 Å². The number of nitrogens with one attached hydrogen (secondary N) is 1. The molecule has 6 nitrogen and oxygen atoms in total. The maximum atomic E-state index is 12.5. The first-order valence-electron chi connectivity index (χ1n) is 10.8. The summed E-state index contributed by atoms with van der Waals surface area (Å²) in [7, 11) is 0.335. The molecule has 1 unspecified atom stereocenters. The number of fused-ring (bicyclic) bond motifs is 1. The van der Waals surface area contributed by atoms with E-state index in [0.29, 0.717) is 22.9 Å². The second-order valence-electron chi connectivity index (χ2n) is 7.84. The Balaban J connectivity index is 1.20. The van der Waals surface area contributed by atoms with Crippen molar-refractivity contribution in [1.82, 2.24) is 10.2 Å². The minimum atomic E-state index is -1.26. The fourth-order valence-corrected chi connectivity index (χ4v) is 4.87. The zero-order chi connectivity index (χ0) is 22.3. The molecule has 0 saturated carbocycles. The van der Waals surface area contributed by atoms with Crippen molar-refractivity contribution in [2.24, 2.45) is 0 Å². The molecule has 1 amide bonds. The van der Waals surface area contributed by atoms with Gasteiger partial charge in [-0.2, -0.15) is 0 Å². The lowest BCUT2D eigenvalue weighted by Crippen LogP contribution is -2.33. The standard InChI is InChI=1S/C25H28N2O4S/c1-30-21-7-10-23(11-8-21)32(29)18-22-9-12-24(31-22)25(28)26-14-4-15-27-16-13-19-5-2-3-6-20(19)17-27/h2-3,5-12H,4,13-18H2,1H3,(H,26,28). The molecule has 0 radical (unpaired) electrons. The molecule has 2 heterocycles. The van der Waals surface area contributed by atoms with E-state index < -0.39 is 10.8 Å². The molecular weight excluding hydrogens is 424 g/mol. The highest BCUT2D eigenvalue weighted by atomic mass is 32.2. The van der Waals surface area contributed by atoms with Crippen LogP contribution < -0.4 is 10.1 Å². The SMILES string of the molecule is COc1ccc(S(=O)Cc2ccc(C(=O)NCCCN3CCc4ccccc4C3)o2)cc1. The number of amides is 1. The van der Waals surface area contributed by atoms with Gasteiger partial charge in [-0.1, -0.05) is 24.3 Å². The molecule has 0 bridgehead atoms. The van der Waals surface area contributed by atoms with Gasteiger partial charge in [0.05, 0.1) is 23.7 Å². The minimum absolute atomic E-state index is 0.218. The summed E-state index contributed by atoms with van der Waals surface area (Å²) in [4.78, 5) is 15.5. The van der Waals surface area contributed by atoms with Crippen molar-refractivity contribution in [3.63, 3.8) is 0 Å². The number of carbonyl (C=O) groups excluding carboxylic acids is 1. The molecule has 0 spiro atoms. The van der Waals surface area contributed by atoms with Gasteiger partial charge in [0.2, 0.25) is 0 Å². The second-order valence-corrected chi connectivity index (χ2v) is 9.29. The Hall–Kier alpha value is -2.90. The monoisotopic (exact) mass is 452 g/mol. The Kier molecular flexibility index (Phi) is 7.39. The van der Waals surface area contributed by atoms with Crippen LogP contribution >= 0.6 is 0 Å². The van der Waals surface area contributed by atoms with Crippen molar-refractivity contribution in [2.45, 2.75) is 30.0 Å². The van der Waals surface area contributed by atoms with Crippen molar-refractivity contribution in [3.05, 3.63) is 83.3 Å². The summed E-state index contributed by atoms with van der Waals surface area (Å²) in [5, 5.41) is 2.92. The number of nitrogens with zero attached hydrogens (tertiary/aromatic N) is 1. The van der Waals surface area contributed by atoms with Crippen LogP contribution in [0.1, 0.15) is 33.9 Å². The van der Waals surface area contributed by atoms with Crippen LogP contribution in [0.3, 0.4) is 0 Å². The number of methoxy groups -OCH3 is 1. The molecule has 1 aliphatic rings. The van der Waals surface area contributed by atoms with Gasteiger partial charge in [0.25, 0.3) is 5.91 Å². The lowest BCUT2D eigenvalue weighted by molar-refractivity contribution is 0.0922. The summed E-state index contributed by atoms with van der Waals surface area (Å²) >= 11 is 0. The van der Waals surface area contributed by atoms with Crippen LogP contribution in [0, 0.1) is 0 Å². The highest BCUT2D eigenvalue weighted by Gasteiger charge is 2.16. The highest BCUT2D eigenvalue weighted by Crippen LogP contribution is 2.19. The number of carbonyl (C=O) groups is 1. The van der Waals surface area contributed by atoms with Gasteiger partial charge in [-0.05, 0) is 60.4 Å². The molecule has 1 aromatic heterocycles. The fourth-order valence-electron chi connectivity index (χ4n) is 3.85. The number of rotatable bonds is 9. The summed E-state index contributed by atoms with van der Waals surface area (Å²) in [5.74, 6) is 1.47. The third-order valence-electron chi connectivity index (χ3n) is 5.63. The third kappa shape index (κ3) is 5.66. The maximum absolute atomic E-state index is 12.5. The van der Waals surface area contributed by atoms with Crippen molar-refractivity contribution < 1.29 is 18.2 Å². The predicted molar refractivity (Wildman–Crippen MR) is 124 cm³/mol. The summed E-state index contributed by atoms with van der Waals surface area (Å²) in [6.07, 6.45) is 1.96. The predicted octanol–water partition coefficient (Wildman–Crippen LogP) is 3.77. The molecule has 1 aliphatic heterocycles. The van der Waals surface area contributed by atoms with Gasteiger partial charge in [-0.3, -0.25) is 13.9 Å². The Bertz CT molecular complexity index is 1080. The molecule has 4 rings (SSSR count). The molecule has 2 aromatic carbocycles. The van der Waals surface area contributed by atoms with Crippen molar-refractivity contribution in [3.8, 4) is 5.75 Å². The van der Waals surface area contributed by atoms with Crippen molar-refractivity contribution in [2.75, 3.05) is 26.7 Å². The van der Waals surface area contributed by atoms with Gasteiger partial charge in [0.1, 0.15) is 11.5 Å². The van der Waals surface area contributed by atoms with E-state index >= 15 is 0 Å². The number of benzene rings is 2. The van der Waals surface area contributed by atoms with E-state index in [2.05, 4.69) is 34.5 Å². The second kappa shape index (κ2) is 10.6. The van der Waals surface area contributed by atoms with Crippen molar-refractivity contribution >= 4 is 16.7 Å². The first-order chi connectivity index (χ1) is 15.6. The maximum Gasteiger partial charge on any atom is 0.286 e. The Morgan fingerprint density at radius 1 is 1.09 bits per heavy atom. The zero-order valence-electron chi connectivity index (χ0n) is 18.2. The summed E-state index contributed by atoms with van der Waals surface area (Å²) in [5.41, 5.74) is 2.84. The molecule has 0 fully saturated rings. The van der Waals surface area contributed by atoms with Crippen LogP contribution in [-0.4, -0.2) is 41.8 Å². The first kappa shape index (κ1) is 22.3. The molecule has 3 aromatic rings. The van der Waals surface area contributed by atoms with E-state index in [4.69, 9.17) is 9.15 Å². The molecule has 1 atom stereocenters. The van der Waals surface area contributed by atoms with Crippen LogP contribution in [0.25, 0.3) is 0 Å². The quantitative estimate of drug-likeness (QED) is 0.501. The number of ether oxygens (including phenoxy) is 1. The molecular formula is C25H28N2O4S. The first-order valence-corrected chi connectivity index (χ1v) is 12.1. The lowest BCUT2D eigenvalue weighted by Gasteiger charge is -2.28. The van der Waals surface area contributed by atoms with E-state index in [1.807, 2.05) is 0 Å². The van der Waals surface area contributed by atoms with Crippen LogP contribution in [0.15, 0.2) is 70.0 Å². The lowest BCUT2D eigenvalue weighted by atomic mass is 10.00. The molecule has 32 heavy (non-hydrogen) atoms. The number of hydrogen-bond acceptors (Lipinski definition) is 5. The van der Waals surface area contributed by atoms with E-state index in [1.54, 1.807) is 43.5 Å². The minimum Gasteiger partial charge on any atom is -0.497 e. The number of hydrogen-bond donors (Lipinski definition) is 1. The molecule has 168 valence electrons. The van der Waals surface area contributed by atoms with Gasteiger partial charge < -0.3 is 14.5 Å². The summed E-state index contributed by atoms with van der Waals surface area (Å²) in [6, 6.07) is 19.0. The van der Waals surface area contributed by atoms with Gasteiger partial charge in [-0.25, -0.2) is 0 Å². The fraction of sp³-hybridized carbons (Fsp3) is 0.320. The average molecular weight is 453 g/mol. The third-order valence-corrected chi connectivity index (χ3v) is 6.97. The average Bonchev–Trinajstić information content (AvgIpc) is 3.30. The Morgan fingerprint density at radius 3 is 2.66 bits per heavy atom. The molecule has 7 heteroatoms. The molecule has 1 N–H and O–H groups in total. The zero-order valence-corrected chi connectivity index (χ0v) is 19.0. The number of furan rings is 1. The van der Waals surface area contributed by atoms with Crippen LogP contribution in [0.5, 0.6) is 5.75 Å². The summed E-state index contributed by atoms with van der Waals surface area (Å²) < 4.78 is 23.3. The molecule has 0 saturated heterocycles. The van der Waals surface area contributed by atoms with E-state index in [1.165, 1.54) is 11.1 Å².